The number of aliphatic imine (C=N–C) groups is 1. The molecule has 0 saturated carbocycles. The molecule has 1 saturated heterocycles. The van der Waals surface area contributed by atoms with Gasteiger partial charge in [0, 0.05) is 31.2 Å². The van der Waals surface area contributed by atoms with Crippen molar-refractivity contribution in [2.45, 2.75) is 57.8 Å². The van der Waals surface area contributed by atoms with Gasteiger partial charge in [-0.3, -0.25) is 4.99 Å². The van der Waals surface area contributed by atoms with Crippen molar-refractivity contribution in [3.8, 4) is 11.3 Å². The standard InChI is InChI=1S/C26H35N7O2/c1-17(2)35-21-15-33(16-21)26(34)32-24-7-5-4-6-18-12-19(8-9-22(18)24)23-10-11-29-25(31-23)30-20(13-27)14-28-3/h8-14,17,21,24H,4-7,15-16,27H2,1-3H3,(H,32,34)(H,29,30,31). The van der Waals surface area contributed by atoms with E-state index in [0.29, 0.717) is 24.7 Å². The maximum atomic E-state index is 12.8. The molecule has 2 heterocycles. The molecule has 4 rings (SSSR count). The number of nitrogens with two attached hydrogens (primary N) is 1. The number of rotatable bonds is 7. The second-order valence-electron chi connectivity index (χ2n) is 9.27. The van der Waals surface area contributed by atoms with Gasteiger partial charge in [0.2, 0.25) is 5.95 Å². The number of ether oxygens (including phenoxy) is 1. The van der Waals surface area contributed by atoms with Gasteiger partial charge in [0.15, 0.2) is 0 Å². The first-order chi connectivity index (χ1) is 17.0. The molecule has 1 fully saturated rings. The predicted molar refractivity (Wildman–Crippen MR) is 138 cm³/mol. The van der Waals surface area contributed by atoms with E-state index in [-0.39, 0.29) is 24.3 Å². The van der Waals surface area contributed by atoms with Crippen LogP contribution in [0.25, 0.3) is 11.3 Å². The lowest BCUT2D eigenvalue weighted by Gasteiger charge is -2.40. The molecule has 0 bridgehead atoms. The lowest BCUT2D eigenvalue weighted by molar-refractivity contribution is -0.0644. The molecule has 186 valence electrons. The quantitative estimate of drug-likeness (QED) is 0.414. The number of fused-ring (bicyclic) bond motifs is 1. The minimum absolute atomic E-state index is 0.00678. The number of hydrogen-bond acceptors (Lipinski definition) is 7. The Kier molecular flexibility index (Phi) is 7.97. The minimum atomic E-state index is -0.0126. The zero-order chi connectivity index (χ0) is 24.8. The Morgan fingerprint density at radius 1 is 1.29 bits per heavy atom. The molecule has 9 nitrogen and oxygen atoms in total. The molecule has 1 atom stereocenters. The molecule has 0 radical (unpaired) electrons. The molecule has 2 amide bonds. The van der Waals surface area contributed by atoms with Gasteiger partial charge in [0.05, 0.1) is 42.7 Å². The SMILES string of the molecule is CN=CC(=CN)Nc1nccc(-c2ccc3c(c2)CCCCC3NC(=O)N2CC(OC(C)C)C2)n1. The monoisotopic (exact) mass is 477 g/mol. The highest BCUT2D eigenvalue weighted by Crippen LogP contribution is 2.32. The molecular weight excluding hydrogens is 442 g/mol. The summed E-state index contributed by atoms with van der Waals surface area (Å²) in [7, 11) is 1.68. The first-order valence-electron chi connectivity index (χ1n) is 12.2. The van der Waals surface area contributed by atoms with Crippen LogP contribution in [0.3, 0.4) is 0 Å². The minimum Gasteiger partial charge on any atom is -0.403 e. The summed E-state index contributed by atoms with van der Waals surface area (Å²) in [6.07, 6.45) is 9.17. The van der Waals surface area contributed by atoms with E-state index < -0.39 is 0 Å². The van der Waals surface area contributed by atoms with Crippen LogP contribution in [0.2, 0.25) is 0 Å². The van der Waals surface area contributed by atoms with Gasteiger partial charge in [-0.25, -0.2) is 14.8 Å². The topological polar surface area (TPSA) is 118 Å². The van der Waals surface area contributed by atoms with Crippen molar-refractivity contribution >= 4 is 18.2 Å². The molecule has 4 N–H and O–H groups in total. The summed E-state index contributed by atoms with van der Waals surface area (Å²) >= 11 is 0. The molecule has 35 heavy (non-hydrogen) atoms. The van der Waals surface area contributed by atoms with Crippen molar-refractivity contribution < 1.29 is 9.53 Å². The third kappa shape index (κ3) is 6.16. The van der Waals surface area contributed by atoms with Crippen LogP contribution in [0.4, 0.5) is 10.7 Å². The van der Waals surface area contributed by atoms with Gasteiger partial charge < -0.3 is 26.0 Å². The number of urea groups is 1. The second kappa shape index (κ2) is 11.3. The van der Waals surface area contributed by atoms with Gasteiger partial charge in [0.25, 0.3) is 0 Å². The van der Waals surface area contributed by atoms with E-state index in [0.717, 1.165) is 36.9 Å². The van der Waals surface area contributed by atoms with Crippen molar-refractivity contribution in [3.05, 3.63) is 53.5 Å². The average molecular weight is 478 g/mol. The smallest absolute Gasteiger partial charge is 0.318 e. The summed E-state index contributed by atoms with van der Waals surface area (Å²) in [5.74, 6) is 0.452. The summed E-state index contributed by atoms with van der Waals surface area (Å²) in [5.41, 5.74) is 10.5. The lowest BCUT2D eigenvalue weighted by Crippen LogP contribution is -2.58. The van der Waals surface area contributed by atoms with Crippen LogP contribution in [-0.2, 0) is 11.2 Å². The highest BCUT2D eigenvalue weighted by Gasteiger charge is 2.33. The van der Waals surface area contributed by atoms with Gasteiger partial charge in [-0.15, -0.1) is 0 Å². The maximum absolute atomic E-state index is 12.8. The summed E-state index contributed by atoms with van der Waals surface area (Å²) < 4.78 is 5.78. The fraction of sp³-hybridized carbons (Fsp3) is 0.462. The molecule has 1 aliphatic carbocycles. The molecule has 1 aromatic carbocycles. The van der Waals surface area contributed by atoms with E-state index in [1.165, 1.54) is 17.3 Å². The van der Waals surface area contributed by atoms with Crippen molar-refractivity contribution in [1.82, 2.24) is 20.2 Å². The van der Waals surface area contributed by atoms with Crippen LogP contribution in [0.5, 0.6) is 0 Å². The number of carbonyl (C=O) groups is 1. The van der Waals surface area contributed by atoms with Gasteiger partial charge in [0.1, 0.15) is 0 Å². The molecule has 1 unspecified atom stereocenters. The summed E-state index contributed by atoms with van der Waals surface area (Å²) in [4.78, 5) is 27.6. The van der Waals surface area contributed by atoms with Crippen LogP contribution in [0.15, 0.2) is 47.4 Å². The highest BCUT2D eigenvalue weighted by molar-refractivity contribution is 5.82. The fourth-order valence-electron chi connectivity index (χ4n) is 4.57. The van der Waals surface area contributed by atoms with E-state index in [9.17, 15) is 4.79 Å². The Hall–Kier alpha value is -3.46. The Morgan fingerprint density at radius 3 is 2.86 bits per heavy atom. The van der Waals surface area contributed by atoms with Crippen molar-refractivity contribution in [2.24, 2.45) is 10.7 Å². The van der Waals surface area contributed by atoms with Crippen molar-refractivity contribution in [3.63, 3.8) is 0 Å². The molecule has 9 heteroatoms. The second-order valence-corrected chi connectivity index (χ2v) is 9.27. The number of allylic oxidation sites excluding steroid dienone is 1. The average Bonchev–Trinajstić information content (AvgIpc) is 3.02. The van der Waals surface area contributed by atoms with Gasteiger partial charge in [-0.1, -0.05) is 18.6 Å². The van der Waals surface area contributed by atoms with E-state index in [4.69, 9.17) is 10.5 Å². The first kappa shape index (κ1) is 24.7. The number of nitrogens with zero attached hydrogens (tertiary/aromatic N) is 4. The van der Waals surface area contributed by atoms with Crippen LogP contribution in [0, 0.1) is 0 Å². The fourth-order valence-corrected chi connectivity index (χ4v) is 4.57. The summed E-state index contributed by atoms with van der Waals surface area (Å²) in [6, 6.07) is 8.27. The Bertz CT molecular complexity index is 1090. The molecule has 1 aliphatic heterocycles. The van der Waals surface area contributed by atoms with Crippen LogP contribution >= 0.6 is 0 Å². The van der Waals surface area contributed by atoms with Crippen LogP contribution in [-0.4, -0.2) is 59.5 Å². The maximum Gasteiger partial charge on any atom is 0.318 e. The largest absolute Gasteiger partial charge is 0.403 e. The molecule has 0 spiro atoms. The number of amides is 2. The lowest BCUT2D eigenvalue weighted by atomic mass is 9.95. The van der Waals surface area contributed by atoms with Gasteiger partial charge in [-0.05, 0) is 56.4 Å². The number of nitrogens with one attached hydrogen (secondary N) is 2. The van der Waals surface area contributed by atoms with Crippen molar-refractivity contribution in [2.75, 3.05) is 25.5 Å². The number of hydrogen-bond donors (Lipinski definition) is 3. The Balaban J connectivity index is 1.47. The van der Waals surface area contributed by atoms with E-state index in [2.05, 4.69) is 43.8 Å². The van der Waals surface area contributed by atoms with E-state index >= 15 is 0 Å². The Morgan fingerprint density at radius 2 is 2.11 bits per heavy atom. The highest BCUT2D eigenvalue weighted by atomic mass is 16.5. The van der Waals surface area contributed by atoms with E-state index in [1.54, 1.807) is 19.5 Å². The van der Waals surface area contributed by atoms with Gasteiger partial charge >= 0.3 is 6.03 Å². The van der Waals surface area contributed by atoms with Crippen LogP contribution in [0.1, 0.15) is 50.3 Å². The zero-order valence-electron chi connectivity index (χ0n) is 20.7. The number of aromatic nitrogens is 2. The number of carbonyl (C=O) groups excluding carboxylic acids is 1. The van der Waals surface area contributed by atoms with Crippen molar-refractivity contribution in [1.29, 1.82) is 0 Å². The summed E-state index contributed by atoms with van der Waals surface area (Å²) in [5, 5.41) is 6.34. The van der Waals surface area contributed by atoms with Crippen LogP contribution < -0.4 is 16.4 Å². The van der Waals surface area contributed by atoms with Gasteiger partial charge in [-0.2, -0.15) is 0 Å². The number of anilines is 1. The molecular formula is C26H35N7O2. The summed E-state index contributed by atoms with van der Waals surface area (Å²) in [6.45, 7) is 5.34. The number of aryl methyl sites for hydroxylation is 1. The third-order valence-corrected chi connectivity index (χ3v) is 6.26. The molecule has 2 aliphatic rings. The zero-order valence-corrected chi connectivity index (χ0v) is 20.7. The third-order valence-electron chi connectivity index (χ3n) is 6.26. The number of benzene rings is 1. The first-order valence-corrected chi connectivity index (χ1v) is 12.2. The van der Waals surface area contributed by atoms with E-state index in [1.807, 2.05) is 24.8 Å². The predicted octanol–water partition coefficient (Wildman–Crippen LogP) is 3.64. The molecule has 2 aromatic rings. The number of likely N-dealkylation sites (tertiary alicyclic amines) is 1. The molecule has 1 aromatic heterocycles. The Labute approximate surface area is 206 Å². The normalized spacial score (nSPS) is 18.8.